The van der Waals surface area contributed by atoms with E-state index in [9.17, 15) is 0 Å². The molecule has 20 heavy (non-hydrogen) atoms. The molecule has 0 aromatic heterocycles. The molecule has 2 heterocycles. The van der Waals surface area contributed by atoms with Crippen molar-refractivity contribution in [1.82, 2.24) is 0 Å². The maximum absolute atomic E-state index is 8.44. The Balaban J connectivity index is -0.000000189. The van der Waals surface area contributed by atoms with Crippen LogP contribution in [0, 0.1) is 0 Å². The molecule has 0 aromatic carbocycles. The first-order valence-electron chi connectivity index (χ1n) is 7.15. The van der Waals surface area contributed by atoms with Crippen LogP contribution in [0.3, 0.4) is 0 Å². The standard InChI is InChI=1S/C4H10O2.C3H6O2.C3H8O.C2H4O.C2H6/c1-3-4(5)6-2;1-2-5-3-4-1;1-3-4-2;1-2-3-1;1-2/h4-5H,3H2,1-2H3;1-3H2;3H2,1-2H3;1-2H2;1-2H3. The molecule has 2 fully saturated rings. The molecule has 0 saturated carbocycles. The Hall–Kier alpha value is -0.240. The van der Waals surface area contributed by atoms with Crippen LogP contribution in [0.15, 0.2) is 0 Å². The van der Waals surface area contributed by atoms with Crippen LogP contribution in [0.25, 0.3) is 0 Å². The van der Waals surface area contributed by atoms with Crippen molar-refractivity contribution in [1.29, 1.82) is 0 Å². The van der Waals surface area contributed by atoms with E-state index in [-0.39, 0.29) is 0 Å². The summed E-state index contributed by atoms with van der Waals surface area (Å²) in [5, 5.41) is 8.44. The molecule has 1 N–H and O–H groups in total. The van der Waals surface area contributed by atoms with Crippen molar-refractivity contribution in [2.45, 2.75) is 40.4 Å². The Morgan fingerprint density at radius 2 is 1.30 bits per heavy atom. The molecule has 1 unspecified atom stereocenters. The van der Waals surface area contributed by atoms with E-state index in [4.69, 9.17) is 14.6 Å². The second-order valence-electron chi connectivity index (χ2n) is 3.22. The minimum atomic E-state index is -0.565. The summed E-state index contributed by atoms with van der Waals surface area (Å²) in [6.45, 7) is 12.7. The zero-order valence-corrected chi connectivity index (χ0v) is 14.0. The topological polar surface area (TPSA) is 69.7 Å². The lowest BCUT2D eigenvalue weighted by atomic mass is 10.5. The van der Waals surface area contributed by atoms with Crippen molar-refractivity contribution in [3.8, 4) is 0 Å². The van der Waals surface area contributed by atoms with E-state index in [0.29, 0.717) is 13.2 Å². The Morgan fingerprint density at radius 3 is 1.35 bits per heavy atom. The van der Waals surface area contributed by atoms with Crippen LogP contribution in [-0.2, 0) is 23.7 Å². The van der Waals surface area contributed by atoms with E-state index in [1.165, 1.54) is 7.11 Å². The zero-order valence-electron chi connectivity index (χ0n) is 14.0. The molecule has 0 spiro atoms. The zero-order chi connectivity index (χ0) is 16.1. The summed E-state index contributed by atoms with van der Waals surface area (Å²) in [4.78, 5) is 0. The van der Waals surface area contributed by atoms with Gasteiger partial charge in [-0.05, 0) is 13.3 Å². The number of rotatable bonds is 3. The van der Waals surface area contributed by atoms with Gasteiger partial charge >= 0.3 is 0 Å². The van der Waals surface area contributed by atoms with E-state index in [1.54, 1.807) is 7.11 Å². The van der Waals surface area contributed by atoms with Gasteiger partial charge in [-0.15, -0.1) is 0 Å². The van der Waals surface area contributed by atoms with Gasteiger partial charge in [0.1, 0.15) is 6.79 Å². The highest BCUT2D eigenvalue weighted by atomic mass is 16.7. The number of aliphatic hydroxyl groups is 1. The number of hydrogen-bond acceptors (Lipinski definition) is 6. The van der Waals surface area contributed by atoms with Gasteiger partial charge in [0.2, 0.25) is 0 Å². The Kier molecular flexibility index (Phi) is 33.6. The molecule has 2 rings (SSSR count). The Bertz CT molecular complexity index is 112. The van der Waals surface area contributed by atoms with Gasteiger partial charge in [-0.3, -0.25) is 0 Å². The van der Waals surface area contributed by atoms with Crippen molar-refractivity contribution in [3.63, 3.8) is 0 Å². The third-order valence-electron chi connectivity index (χ3n) is 1.65. The average Bonchev–Trinajstić information content (AvgIpc) is 3.30. The second kappa shape index (κ2) is 27.2. The van der Waals surface area contributed by atoms with E-state index in [2.05, 4.69) is 14.2 Å². The average molecular weight is 298 g/mol. The van der Waals surface area contributed by atoms with Crippen LogP contribution in [0.5, 0.6) is 0 Å². The van der Waals surface area contributed by atoms with Gasteiger partial charge in [-0.1, -0.05) is 20.8 Å². The molecule has 6 heteroatoms. The molecule has 0 aromatic rings. The van der Waals surface area contributed by atoms with E-state index < -0.39 is 6.29 Å². The molecular formula is C14H34O6. The molecule has 2 saturated heterocycles. The van der Waals surface area contributed by atoms with E-state index in [0.717, 1.165) is 33.0 Å². The summed E-state index contributed by atoms with van der Waals surface area (Å²) in [7, 11) is 3.16. The highest BCUT2D eigenvalue weighted by molar-refractivity contribution is 4.36. The van der Waals surface area contributed by atoms with E-state index in [1.807, 2.05) is 27.7 Å². The molecular weight excluding hydrogens is 264 g/mol. The van der Waals surface area contributed by atoms with Crippen LogP contribution < -0.4 is 0 Å². The summed E-state index contributed by atoms with van der Waals surface area (Å²) in [6, 6.07) is 0. The first-order valence-corrected chi connectivity index (χ1v) is 7.15. The maximum Gasteiger partial charge on any atom is 0.153 e. The van der Waals surface area contributed by atoms with Crippen LogP contribution in [0.1, 0.15) is 34.1 Å². The number of ether oxygens (including phenoxy) is 5. The molecule has 2 aliphatic rings. The number of hydrogen-bond donors (Lipinski definition) is 1. The van der Waals surface area contributed by atoms with Crippen molar-refractivity contribution < 1.29 is 28.8 Å². The lowest BCUT2D eigenvalue weighted by Gasteiger charge is -2.00. The lowest BCUT2D eigenvalue weighted by molar-refractivity contribution is -0.0748. The van der Waals surface area contributed by atoms with Crippen molar-refractivity contribution >= 4 is 0 Å². The van der Waals surface area contributed by atoms with Gasteiger partial charge in [0.05, 0.1) is 26.4 Å². The first-order chi connectivity index (χ1) is 9.72. The third kappa shape index (κ3) is 43.1. The summed E-state index contributed by atoms with van der Waals surface area (Å²) in [5.74, 6) is 0. The maximum atomic E-state index is 8.44. The van der Waals surface area contributed by atoms with Crippen LogP contribution in [0.4, 0.5) is 0 Å². The molecule has 6 nitrogen and oxygen atoms in total. The van der Waals surface area contributed by atoms with Crippen molar-refractivity contribution in [3.05, 3.63) is 0 Å². The molecule has 126 valence electrons. The molecule has 1 atom stereocenters. The quantitative estimate of drug-likeness (QED) is 0.635. The fraction of sp³-hybridized carbons (Fsp3) is 1.00. The van der Waals surface area contributed by atoms with Gasteiger partial charge < -0.3 is 28.8 Å². The Morgan fingerprint density at radius 1 is 0.950 bits per heavy atom. The van der Waals surface area contributed by atoms with Gasteiger partial charge in [0.15, 0.2) is 6.29 Å². The number of epoxide rings is 1. The highest BCUT2D eigenvalue weighted by Crippen LogP contribution is 1.86. The molecule has 0 amide bonds. The minimum Gasteiger partial charge on any atom is -0.385 e. The van der Waals surface area contributed by atoms with Crippen LogP contribution in [-0.4, -0.2) is 65.4 Å². The fourth-order valence-corrected chi connectivity index (χ4v) is 0.461. The second-order valence-corrected chi connectivity index (χ2v) is 3.22. The highest BCUT2D eigenvalue weighted by Gasteiger charge is 1.94. The predicted octanol–water partition coefficient (Wildman–Crippen LogP) is 2.05. The van der Waals surface area contributed by atoms with Gasteiger partial charge in [-0.2, -0.15) is 0 Å². The third-order valence-corrected chi connectivity index (χ3v) is 1.65. The molecule has 2 aliphatic heterocycles. The lowest BCUT2D eigenvalue weighted by Crippen LogP contribution is -2.05. The van der Waals surface area contributed by atoms with Crippen molar-refractivity contribution in [2.24, 2.45) is 0 Å². The number of aliphatic hydroxyl groups excluding tert-OH is 1. The summed E-state index contributed by atoms with van der Waals surface area (Å²) >= 11 is 0. The van der Waals surface area contributed by atoms with Gasteiger partial charge in [-0.25, -0.2) is 0 Å². The predicted molar refractivity (Wildman–Crippen MR) is 79.8 cm³/mol. The van der Waals surface area contributed by atoms with E-state index >= 15 is 0 Å². The summed E-state index contributed by atoms with van der Waals surface area (Å²) < 4.78 is 22.9. The fourth-order valence-electron chi connectivity index (χ4n) is 0.461. The normalized spacial score (nSPS) is 15.8. The monoisotopic (exact) mass is 298 g/mol. The van der Waals surface area contributed by atoms with Crippen molar-refractivity contribution in [2.75, 3.05) is 54.0 Å². The summed E-state index contributed by atoms with van der Waals surface area (Å²) in [6.07, 6.45) is 0.0984. The molecule has 0 bridgehead atoms. The van der Waals surface area contributed by atoms with Gasteiger partial charge in [0.25, 0.3) is 0 Å². The first kappa shape index (κ1) is 24.8. The van der Waals surface area contributed by atoms with Gasteiger partial charge in [0, 0.05) is 20.8 Å². The Labute approximate surface area is 124 Å². The molecule has 0 radical (unpaired) electrons. The molecule has 0 aliphatic carbocycles. The largest absolute Gasteiger partial charge is 0.385 e. The minimum absolute atomic E-state index is 0.500. The number of methoxy groups -OCH3 is 2. The van der Waals surface area contributed by atoms with Crippen LogP contribution >= 0.6 is 0 Å². The summed E-state index contributed by atoms with van der Waals surface area (Å²) in [5.41, 5.74) is 0. The smallest absolute Gasteiger partial charge is 0.153 e. The van der Waals surface area contributed by atoms with Crippen LogP contribution in [0.2, 0.25) is 0 Å². The SMILES string of the molecule is C1CO1.C1COCO1.CC.CCC(O)OC.CCOC.